The molecule has 1 fully saturated rings. The SMILES string of the molecule is CCC1(c2ccc(OC)cc2)C(=O)OC1c1ccccc1[N+](=O)[O-]. The van der Waals surface area contributed by atoms with Gasteiger partial charge < -0.3 is 9.47 Å². The molecule has 2 aromatic carbocycles. The van der Waals surface area contributed by atoms with Gasteiger partial charge in [0, 0.05) is 6.07 Å². The fraction of sp³-hybridized carbons (Fsp3) is 0.278. The molecule has 0 radical (unpaired) electrons. The van der Waals surface area contributed by atoms with Crippen LogP contribution in [0.25, 0.3) is 0 Å². The minimum Gasteiger partial charge on any atom is -0.497 e. The lowest BCUT2D eigenvalue weighted by Gasteiger charge is -2.46. The van der Waals surface area contributed by atoms with E-state index in [2.05, 4.69) is 0 Å². The Balaban J connectivity index is 2.09. The lowest BCUT2D eigenvalue weighted by molar-refractivity contribution is -0.386. The number of esters is 1. The molecule has 0 amide bonds. The Kier molecular flexibility index (Phi) is 3.97. The topological polar surface area (TPSA) is 78.7 Å². The molecule has 6 heteroatoms. The van der Waals surface area contributed by atoms with E-state index in [1.54, 1.807) is 37.4 Å². The van der Waals surface area contributed by atoms with Gasteiger partial charge in [0.05, 0.1) is 17.6 Å². The number of hydrogen-bond donors (Lipinski definition) is 0. The Bertz CT molecular complexity index is 786. The number of nitrogens with zero attached hydrogens (tertiary/aromatic N) is 1. The van der Waals surface area contributed by atoms with Gasteiger partial charge in [-0.2, -0.15) is 0 Å². The summed E-state index contributed by atoms with van der Waals surface area (Å²) in [5, 5.41) is 11.3. The molecule has 1 aliphatic rings. The summed E-state index contributed by atoms with van der Waals surface area (Å²) >= 11 is 0. The number of carbonyl (C=O) groups excluding carboxylic acids is 1. The molecule has 124 valence electrons. The highest BCUT2D eigenvalue weighted by Gasteiger charge is 2.60. The normalized spacial score (nSPS) is 22.4. The van der Waals surface area contributed by atoms with Crippen molar-refractivity contribution in [1.82, 2.24) is 0 Å². The monoisotopic (exact) mass is 327 g/mol. The largest absolute Gasteiger partial charge is 0.497 e. The Labute approximate surface area is 139 Å². The van der Waals surface area contributed by atoms with Crippen LogP contribution in [0, 0.1) is 10.1 Å². The molecule has 24 heavy (non-hydrogen) atoms. The average Bonchev–Trinajstić information content (AvgIpc) is 2.61. The van der Waals surface area contributed by atoms with Crippen LogP contribution in [0.5, 0.6) is 5.75 Å². The smallest absolute Gasteiger partial charge is 0.321 e. The van der Waals surface area contributed by atoms with Crippen LogP contribution in [0.15, 0.2) is 48.5 Å². The van der Waals surface area contributed by atoms with Gasteiger partial charge >= 0.3 is 5.97 Å². The fourth-order valence-electron chi connectivity index (χ4n) is 3.26. The van der Waals surface area contributed by atoms with Crippen molar-refractivity contribution in [3.8, 4) is 5.75 Å². The second-order valence-corrected chi connectivity index (χ2v) is 5.65. The van der Waals surface area contributed by atoms with E-state index >= 15 is 0 Å². The van der Waals surface area contributed by atoms with Crippen LogP contribution in [-0.2, 0) is 14.9 Å². The molecule has 0 N–H and O–H groups in total. The zero-order valence-corrected chi connectivity index (χ0v) is 13.4. The molecular weight excluding hydrogens is 310 g/mol. The number of ether oxygens (including phenoxy) is 2. The lowest BCUT2D eigenvalue weighted by Crippen LogP contribution is -2.54. The van der Waals surface area contributed by atoms with Gasteiger partial charge in [0.25, 0.3) is 5.69 Å². The highest BCUT2D eigenvalue weighted by atomic mass is 16.6. The van der Waals surface area contributed by atoms with Crippen LogP contribution in [-0.4, -0.2) is 18.0 Å². The second kappa shape index (κ2) is 5.96. The third-order valence-electron chi connectivity index (χ3n) is 4.62. The molecule has 6 nitrogen and oxygen atoms in total. The molecule has 1 saturated heterocycles. The van der Waals surface area contributed by atoms with Crippen LogP contribution in [0.4, 0.5) is 5.69 Å². The van der Waals surface area contributed by atoms with Gasteiger partial charge in [0.1, 0.15) is 11.2 Å². The van der Waals surface area contributed by atoms with Crippen molar-refractivity contribution in [1.29, 1.82) is 0 Å². The van der Waals surface area contributed by atoms with Crippen LogP contribution in [0.1, 0.15) is 30.6 Å². The number of benzene rings is 2. The van der Waals surface area contributed by atoms with Gasteiger partial charge in [-0.05, 0) is 30.2 Å². The van der Waals surface area contributed by atoms with Crippen LogP contribution in [0.3, 0.4) is 0 Å². The molecule has 1 aliphatic heterocycles. The Hall–Kier alpha value is -2.89. The molecule has 0 bridgehead atoms. The van der Waals surface area contributed by atoms with Gasteiger partial charge in [0.15, 0.2) is 6.10 Å². The van der Waals surface area contributed by atoms with Gasteiger partial charge in [-0.25, -0.2) is 0 Å². The summed E-state index contributed by atoms with van der Waals surface area (Å²) in [5.74, 6) is 0.318. The number of nitro groups is 1. The first-order valence-electron chi connectivity index (χ1n) is 7.63. The molecule has 0 saturated carbocycles. The summed E-state index contributed by atoms with van der Waals surface area (Å²) in [5.41, 5.74) is 0.226. The van der Waals surface area contributed by atoms with E-state index in [0.717, 1.165) is 5.56 Å². The molecule has 1 heterocycles. The maximum absolute atomic E-state index is 12.4. The molecule has 0 spiro atoms. The maximum atomic E-state index is 12.4. The van der Waals surface area contributed by atoms with E-state index in [4.69, 9.17) is 9.47 Å². The predicted octanol–water partition coefficient (Wildman–Crippen LogP) is 3.55. The zero-order chi connectivity index (χ0) is 17.3. The predicted molar refractivity (Wildman–Crippen MR) is 86.9 cm³/mol. The minimum absolute atomic E-state index is 0.0404. The minimum atomic E-state index is -0.918. The second-order valence-electron chi connectivity index (χ2n) is 5.65. The average molecular weight is 327 g/mol. The number of para-hydroxylation sites is 1. The number of carbonyl (C=O) groups is 1. The number of methoxy groups -OCH3 is 1. The van der Waals surface area contributed by atoms with Crippen molar-refractivity contribution < 1.29 is 19.2 Å². The fourth-order valence-corrected chi connectivity index (χ4v) is 3.26. The first-order chi connectivity index (χ1) is 11.5. The lowest BCUT2D eigenvalue weighted by atomic mass is 9.67. The standard InChI is InChI=1S/C18H17NO5/c1-3-18(12-8-10-13(23-2)11-9-12)16(24-17(18)20)14-6-4-5-7-15(14)19(21)22/h4-11,16H,3H2,1-2H3. The van der Waals surface area contributed by atoms with Gasteiger partial charge in [-0.15, -0.1) is 0 Å². The van der Waals surface area contributed by atoms with Crippen LogP contribution >= 0.6 is 0 Å². The Morgan fingerprint density at radius 2 is 1.88 bits per heavy atom. The van der Waals surface area contributed by atoms with E-state index in [-0.39, 0.29) is 11.7 Å². The van der Waals surface area contributed by atoms with Gasteiger partial charge in [-0.3, -0.25) is 14.9 Å². The summed E-state index contributed by atoms with van der Waals surface area (Å²) in [6.45, 7) is 1.88. The number of cyclic esters (lactones) is 1. The maximum Gasteiger partial charge on any atom is 0.321 e. The quantitative estimate of drug-likeness (QED) is 0.477. The molecule has 0 aromatic heterocycles. The Morgan fingerprint density at radius 1 is 1.21 bits per heavy atom. The Morgan fingerprint density at radius 3 is 2.42 bits per heavy atom. The van der Waals surface area contributed by atoms with E-state index < -0.39 is 16.4 Å². The summed E-state index contributed by atoms with van der Waals surface area (Å²) in [6.07, 6.45) is -0.195. The van der Waals surface area contributed by atoms with Gasteiger partial charge in [-0.1, -0.05) is 31.2 Å². The zero-order valence-electron chi connectivity index (χ0n) is 13.4. The van der Waals surface area contributed by atoms with Crippen molar-refractivity contribution in [3.63, 3.8) is 0 Å². The first-order valence-corrected chi connectivity index (χ1v) is 7.63. The van der Waals surface area contributed by atoms with E-state index in [0.29, 0.717) is 17.7 Å². The highest BCUT2D eigenvalue weighted by molar-refractivity contribution is 5.90. The molecule has 2 atom stereocenters. The van der Waals surface area contributed by atoms with E-state index in [9.17, 15) is 14.9 Å². The summed E-state index contributed by atoms with van der Waals surface area (Å²) in [7, 11) is 1.57. The van der Waals surface area contributed by atoms with Crippen LogP contribution < -0.4 is 4.74 Å². The van der Waals surface area contributed by atoms with Crippen molar-refractivity contribution >= 4 is 11.7 Å². The third-order valence-corrected chi connectivity index (χ3v) is 4.62. The van der Waals surface area contributed by atoms with Gasteiger partial charge in [0.2, 0.25) is 0 Å². The van der Waals surface area contributed by atoms with Crippen molar-refractivity contribution in [2.24, 2.45) is 0 Å². The highest BCUT2D eigenvalue weighted by Crippen LogP contribution is 2.53. The van der Waals surface area contributed by atoms with Crippen molar-refractivity contribution in [3.05, 3.63) is 69.8 Å². The van der Waals surface area contributed by atoms with E-state index in [1.165, 1.54) is 6.07 Å². The molecular formula is C18H17NO5. The molecule has 0 aliphatic carbocycles. The summed E-state index contributed by atoms with van der Waals surface area (Å²) < 4.78 is 10.5. The molecule has 2 aromatic rings. The van der Waals surface area contributed by atoms with E-state index in [1.807, 2.05) is 19.1 Å². The van der Waals surface area contributed by atoms with Crippen molar-refractivity contribution in [2.75, 3.05) is 7.11 Å². The summed E-state index contributed by atoms with van der Waals surface area (Å²) in [4.78, 5) is 23.2. The number of rotatable bonds is 5. The molecule has 2 unspecified atom stereocenters. The number of nitro benzene ring substituents is 1. The third kappa shape index (κ3) is 2.22. The summed E-state index contributed by atoms with van der Waals surface area (Å²) in [6, 6.07) is 13.5. The first kappa shape index (κ1) is 16.0. The van der Waals surface area contributed by atoms with Crippen LogP contribution in [0.2, 0.25) is 0 Å². The molecule has 3 rings (SSSR count). The van der Waals surface area contributed by atoms with Crippen molar-refractivity contribution in [2.45, 2.75) is 24.9 Å². The number of hydrogen-bond acceptors (Lipinski definition) is 5.